The van der Waals surface area contributed by atoms with Gasteiger partial charge in [-0.05, 0) is 100 Å². The van der Waals surface area contributed by atoms with Gasteiger partial charge in [-0.3, -0.25) is 9.36 Å². The molecule has 2 heterocycles. The Morgan fingerprint density at radius 3 is 2.38 bits per heavy atom. The van der Waals surface area contributed by atoms with Crippen molar-refractivity contribution in [3.8, 4) is 17.2 Å². The number of hydrogen-bond donors (Lipinski definition) is 0. The fourth-order valence-electron chi connectivity index (χ4n) is 4.48. The minimum Gasteiger partial charge on any atom is -0.497 e. The molecule has 39 heavy (non-hydrogen) atoms. The molecule has 206 valence electrons. The molecule has 0 radical (unpaired) electrons. The molecule has 0 spiro atoms. The van der Waals surface area contributed by atoms with Gasteiger partial charge in [0.05, 0.1) is 50.9 Å². The molecule has 3 aromatic rings. The number of rotatable bonds is 9. The highest BCUT2D eigenvalue weighted by molar-refractivity contribution is 14.1. The molecule has 2 aromatic carbocycles. The Bertz CT molecular complexity index is 1600. The normalized spacial score (nSPS) is 15.1. The van der Waals surface area contributed by atoms with Gasteiger partial charge in [0.1, 0.15) is 23.3 Å². The second-order valence-corrected chi connectivity index (χ2v) is 11.9. The fraction of sp³-hybridized carbons (Fsp3) is 0.321. The number of fused-ring (bicyclic) bond motifs is 1. The average molecular weight is 774 g/mol. The maximum absolute atomic E-state index is 14.0. The SMILES string of the molecule is CCCC1=C(C(=O)OCC)[C@@H](c2cc(OC)ccc2OC)n2c(s/c(=C\c3cc(I)c(OC)c(I)c3)c2=O)=N1. The number of esters is 1. The molecule has 0 N–H and O–H groups in total. The van der Waals surface area contributed by atoms with Crippen LogP contribution in [0.3, 0.4) is 0 Å². The van der Waals surface area contributed by atoms with Crippen LogP contribution >= 0.6 is 56.5 Å². The summed E-state index contributed by atoms with van der Waals surface area (Å²) >= 11 is 5.74. The van der Waals surface area contributed by atoms with Crippen LogP contribution in [-0.2, 0) is 9.53 Å². The van der Waals surface area contributed by atoms with Crippen molar-refractivity contribution in [3.63, 3.8) is 0 Å². The summed E-state index contributed by atoms with van der Waals surface area (Å²) < 4.78 is 26.1. The van der Waals surface area contributed by atoms with Gasteiger partial charge in [-0.2, -0.15) is 0 Å². The zero-order chi connectivity index (χ0) is 28.3. The van der Waals surface area contributed by atoms with E-state index in [0.29, 0.717) is 44.1 Å². The summed E-state index contributed by atoms with van der Waals surface area (Å²) in [5.74, 6) is 1.39. The lowest BCUT2D eigenvalue weighted by molar-refractivity contribution is -0.139. The zero-order valence-electron chi connectivity index (χ0n) is 22.2. The number of halogens is 2. The Morgan fingerprint density at radius 1 is 1.08 bits per heavy atom. The standard InChI is InChI=1S/C28H28I2N2O6S/c1-6-8-20-23(27(34)38-7-2)24(17-14-16(35-3)9-10-21(17)36-4)32-26(33)22(39-28(32)31-20)13-15-11-18(29)25(37-5)19(30)12-15/h9-14,24H,6-8H2,1-5H3/b22-13-/t24-/m1/s1. The number of methoxy groups -OCH3 is 3. The van der Waals surface area contributed by atoms with Crippen molar-refractivity contribution in [2.24, 2.45) is 4.99 Å². The van der Waals surface area contributed by atoms with Gasteiger partial charge >= 0.3 is 5.97 Å². The number of benzene rings is 2. The quantitative estimate of drug-likeness (QED) is 0.229. The molecule has 0 bridgehead atoms. The number of nitrogens with zero attached hydrogens (tertiary/aromatic N) is 2. The largest absolute Gasteiger partial charge is 0.497 e. The minimum absolute atomic E-state index is 0.197. The highest BCUT2D eigenvalue weighted by Crippen LogP contribution is 2.38. The molecule has 0 aliphatic carbocycles. The second-order valence-electron chi connectivity index (χ2n) is 8.54. The molecule has 1 aliphatic rings. The molecular weight excluding hydrogens is 746 g/mol. The van der Waals surface area contributed by atoms with E-state index in [-0.39, 0.29) is 12.2 Å². The Labute approximate surface area is 257 Å². The van der Waals surface area contributed by atoms with Crippen molar-refractivity contribution in [1.82, 2.24) is 4.57 Å². The summed E-state index contributed by atoms with van der Waals surface area (Å²) in [5, 5.41) is 0. The molecule has 0 amide bonds. The topological polar surface area (TPSA) is 88.4 Å². The van der Waals surface area contributed by atoms with E-state index < -0.39 is 12.0 Å². The fourth-order valence-corrected chi connectivity index (χ4v) is 7.75. The number of allylic oxidation sites excluding steroid dienone is 1. The second kappa shape index (κ2) is 12.9. The lowest BCUT2D eigenvalue weighted by atomic mass is 9.93. The molecule has 0 saturated heterocycles. The molecule has 1 atom stereocenters. The van der Waals surface area contributed by atoms with Crippen LogP contribution in [0.4, 0.5) is 0 Å². The van der Waals surface area contributed by atoms with Crippen molar-refractivity contribution >= 4 is 68.6 Å². The van der Waals surface area contributed by atoms with Crippen LogP contribution in [-0.4, -0.2) is 38.5 Å². The smallest absolute Gasteiger partial charge is 0.338 e. The molecule has 11 heteroatoms. The van der Waals surface area contributed by atoms with Gasteiger partial charge in [-0.25, -0.2) is 9.79 Å². The number of carbonyl (C=O) groups excluding carboxylic acids is 1. The Balaban J connectivity index is 2.05. The molecular formula is C28H28I2N2O6S. The summed E-state index contributed by atoms with van der Waals surface area (Å²) in [5.41, 5.74) is 2.16. The van der Waals surface area contributed by atoms with E-state index in [1.54, 1.807) is 51.0 Å². The van der Waals surface area contributed by atoms with Crippen LogP contribution in [0.15, 0.2) is 51.4 Å². The van der Waals surface area contributed by atoms with E-state index >= 15 is 0 Å². The van der Waals surface area contributed by atoms with Crippen molar-refractivity contribution in [3.05, 3.63) is 79.6 Å². The van der Waals surface area contributed by atoms with Gasteiger partial charge in [0.15, 0.2) is 4.80 Å². The van der Waals surface area contributed by atoms with Crippen LogP contribution in [0.25, 0.3) is 6.08 Å². The minimum atomic E-state index is -0.801. The monoisotopic (exact) mass is 774 g/mol. The van der Waals surface area contributed by atoms with Gasteiger partial charge in [-0.1, -0.05) is 24.7 Å². The first-order chi connectivity index (χ1) is 18.8. The summed E-state index contributed by atoms with van der Waals surface area (Å²) in [4.78, 5) is 32.8. The molecule has 0 saturated carbocycles. The third-order valence-electron chi connectivity index (χ3n) is 6.15. The first-order valence-electron chi connectivity index (χ1n) is 12.2. The number of hydrogen-bond acceptors (Lipinski definition) is 8. The van der Waals surface area contributed by atoms with Gasteiger partial charge < -0.3 is 18.9 Å². The highest BCUT2D eigenvalue weighted by Gasteiger charge is 2.36. The lowest BCUT2D eigenvalue weighted by Crippen LogP contribution is -2.40. The van der Waals surface area contributed by atoms with Crippen molar-refractivity contribution < 1.29 is 23.7 Å². The van der Waals surface area contributed by atoms with Crippen LogP contribution in [0, 0.1) is 7.14 Å². The van der Waals surface area contributed by atoms with E-state index in [4.69, 9.17) is 23.9 Å². The number of aromatic nitrogens is 1. The predicted molar refractivity (Wildman–Crippen MR) is 168 cm³/mol. The van der Waals surface area contributed by atoms with Crippen molar-refractivity contribution in [2.75, 3.05) is 27.9 Å². The summed E-state index contributed by atoms with van der Waals surface area (Å²) in [6.07, 6.45) is 3.17. The maximum Gasteiger partial charge on any atom is 0.338 e. The average Bonchev–Trinajstić information content (AvgIpc) is 3.21. The zero-order valence-corrected chi connectivity index (χ0v) is 27.3. The van der Waals surface area contributed by atoms with Crippen LogP contribution in [0.1, 0.15) is 43.9 Å². The van der Waals surface area contributed by atoms with Gasteiger partial charge in [0.25, 0.3) is 5.56 Å². The molecule has 0 fully saturated rings. The number of ether oxygens (including phenoxy) is 4. The number of thiazole rings is 1. The van der Waals surface area contributed by atoms with Crippen molar-refractivity contribution in [2.45, 2.75) is 32.7 Å². The van der Waals surface area contributed by atoms with E-state index in [9.17, 15) is 9.59 Å². The van der Waals surface area contributed by atoms with Crippen LogP contribution in [0.2, 0.25) is 0 Å². The van der Waals surface area contributed by atoms with Gasteiger partial charge in [-0.15, -0.1) is 0 Å². The molecule has 1 aromatic heterocycles. The molecule has 1 aliphatic heterocycles. The molecule has 8 nitrogen and oxygen atoms in total. The van der Waals surface area contributed by atoms with E-state index in [1.807, 2.05) is 25.1 Å². The molecule has 4 rings (SSSR count). The first kappa shape index (κ1) is 29.6. The third-order valence-corrected chi connectivity index (χ3v) is 8.73. The van der Waals surface area contributed by atoms with Gasteiger partial charge in [0.2, 0.25) is 0 Å². The van der Waals surface area contributed by atoms with Gasteiger partial charge in [0, 0.05) is 5.56 Å². The summed E-state index contributed by atoms with van der Waals surface area (Å²) in [6.45, 7) is 3.98. The maximum atomic E-state index is 14.0. The predicted octanol–water partition coefficient (Wildman–Crippen LogP) is 4.81. The number of carbonyl (C=O) groups is 1. The lowest BCUT2D eigenvalue weighted by Gasteiger charge is -2.27. The van der Waals surface area contributed by atoms with Crippen molar-refractivity contribution in [1.29, 1.82) is 0 Å². The van der Waals surface area contributed by atoms with E-state index in [0.717, 1.165) is 24.9 Å². The van der Waals surface area contributed by atoms with E-state index in [2.05, 4.69) is 45.2 Å². The Hall–Kier alpha value is -2.39. The third kappa shape index (κ3) is 5.89. The first-order valence-corrected chi connectivity index (χ1v) is 15.2. The summed E-state index contributed by atoms with van der Waals surface area (Å²) in [6, 6.07) is 8.48. The summed E-state index contributed by atoms with van der Waals surface area (Å²) in [7, 11) is 4.77. The Kier molecular flexibility index (Phi) is 9.75. The van der Waals surface area contributed by atoms with E-state index in [1.165, 1.54) is 11.3 Å². The Morgan fingerprint density at radius 2 is 1.79 bits per heavy atom. The highest BCUT2D eigenvalue weighted by atomic mass is 127. The molecule has 0 unspecified atom stereocenters. The van der Waals surface area contributed by atoms with Crippen LogP contribution < -0.4 is 29.1 Å². The van der Waals surface area contributed by atoms with Crippen LogP contribution in [0.5, 0.6) is 17.2 Å².